The molecule has 24 heavy (non-hydrogen) atoms. The number of methoxy groups -OCH3 is 1. The summed E-state index contributed by atoms with van der Waals surface area (Å²) in [5.41, 5.74) is -0.0299. The minimum absolute atomic E-state index is 0.112. The summed E-state index contributed by atoms with van der Waals surface area (Å²) in [4.78, 5) is 22.1. The zero-order chi connectivity index (χ0) is 18.3. The van der Waals surface area contributed by atoms with Crippen molar-refractivity contribution in [1.82, 2.24) is 5.32 Å². The average Bonchev–Trinajstić information content (AvgIpc) is 2.44. The third-order valence-corrected chi connectivity index (χ3v) is 2.84. The van der Waals surface area contributed by atoms with Gasteiger partial charge >= 0.3 is 11.8 Å². The van der Waals surface area contributed by atoms with Gasteiger partial charge in [0.25, 0.3) is 0 Å². The number of alkyl carbamates (subject to hydrolysis) is 1. The van der Waals surface area contributed by atoms with E-state index in [-0.39, 0.29) is 30.7 Å². The SMILES string of the molecule is COc1ccc(COC[C@@H](C)NC(=O)OC(C)(C)C)cc1[N+](=O)[O-]. The molecule has 1 rings (SSSR count). The van der Waals surface area contributed by atoms with Gasteiger partial charge in [-0.15, -0.1) is 0 Å². The quantitative estimate of drug-likeness (QED) is 0.605. The predicted octanol–water partition coefficient (Wildman–Crippen LogP) is 3.03. The van der Waals surface area contributed by atoms with Gasteiger partial charge in [-0.05, 0) is 39.3 Å². The van der Waals surface area contributed by atoms with E-state index in [0.29, 0.717) is 5.56 Å². The van der Waals surface area contributed by atoms with Gasteiger partial charge < -0.3 is 19.5 Å². The fourth-order valence-electron chi connectivity index (χ4n) is 1.87. The number of nitrogens with one attached hydrogen (secondary N) is 1. The lowest BCUT2D eigenvalue weighted by atomic mass is 10.2. The van der Waals surface area contributed by atoms with Crippen LogP contribution < -0.4 is 10.1 Å². The van der Waals surface area contributed by atoms with Gasteiger partial charge in [0.05, 0.1) is 31.3 Å². The summed E-state index contributed by atoms with van der Waals surface area (Å²) >= 11 is 0. The van der Waals surface area contributed by atoms with Crippen LogP contribution in [0.4, 0.5) is 10.5 Å². The van der Waals surface area contributed by atoms with E-state index in [1.807, 2.05) is 0 Å². The van der Waals surface area contributed by atoms with Gasteiger partial charge in [-0.2, -0.15) is 0 Å². The summed E-state index contributed by atoms with van der Waals surface area (Å²) in [7, 11) is 1.38. The van der Waals surface area contributed by atoms with E-state index in [1.165, 1.54) is 19.2 Å². The summed E-state index contributed by atoms with van der Waals surface area (Å²) in [6.07, 6.45) is -0.515. The van der Waals surface area contributed by atoms with Crippen LogP contribution in [0.3, 0.4) is 0 Å². The summed E-state index contributed by atoms with van der Waals surface area (Å²) in [6, 6.07) is 4.37. The van der Waals surface area contributed by atoms with Crippen LogP contribution >= 0.6 is 0 Å². The molecule has 0 aliphatic rings. The summed E-state index contributed by atoms with van der Waals surface area (Å²) in [6.45, 7) is 7.56. The molecule has 1 aromatic carbocycles. The fraction of sp³-hybridized carbons (Fsp3) is 0.562. The smallest absolute Gasteiger partial charge is 0.407 e. The maximum atomic E-state index is 11.6. The van der Waals surface area contributed by atoms with Crippen molar-refractivity contribution in [1.29, 1.82) is 0 Å². The Morgan fingerprint density at radius 3 is 2.58 bits per heavy atom. The Labute approximate surface area is 141 Å². The van der Waals surface area contributed by atoms with E-state index in [9.17, 15) is 14.9 Å². The number of nitro groups is 1. The maximum Gasteiger partial charge on any atom is 0.407 e. The van der Waals surface area contributed by atoms with Gasteiger partial charge in [-0.1, -0.05) is 6.07 Å². The predicted molar refractivity (Wildman–Crippen MR) is 88.1 cm³/mol. The third-order valence-electron chi connectivity index (χ3n) is 2.84. The van der Waals surface area contributed by atoms with E-state index in [4.69, 9.17) is 14.2 Å². The van der Waals surface area contributed by atoms with E-state index in [1.54, 1.807) is 33.8 Å². The monoisotopic (exact) mass is 340 g/mol. The van der Waals surface area contributed by atoms with E-state index in [0.717, 1.165) is 0 Å². The summed E-state index contributed by atoms with van der Waals surface area (Å²) < 4.78 is 15.6. The summed E-state index contributed by atoms with van der Waals surface area (Å²) in [5, 5.41) is 13.6. The minimum Gasteiger partial charge on any atom is -0.490 e. The molecule has 0 aromatic heterocycles. The second-order valence-corrected chi connectivity index (χ2v) is 6.33. The summed E-state index contributed by atoms with van der Waals surface area (Å²) in [5.74, 6) is 0.198. The standard InChI is InChI=1S/C16H24N2O6/c1-11(17-15(19)24-16(2,3)4)9-23-10-12-6-7-14(22-5)13(8-12)18(20)21/h6-8,11H,9-10H2,1-5H3,(H,17,19)/t11-/m1/s1. The van der Waals surface area contributed by atoms with E-state index < -0.39 is 16.6 Å². The van der Waals surface area contributed by atoms with Gasteiger partial charge in [-0.3, -0.25) is 10.1 Å². The van der Waals surface area contributed by atoms with Crippen LogP contribution in [0.1, 0.15) is 33.3 Å². The van der Waals surface area contributed by atoms with Gasteiger partial charge in [0.15, 0.2) is 5.75 Å². The largest absolute Gasteiger partial charge is 0.490 e. The number of amides is 1. The van der Waals surface area contributed by atoms with Crippen LogP contribution in [0, 0.1) is 10.1 Å². The number of carbonyl (C=O) groups excluding carboxylic acids is 1. The zero-order valence-electron chi connectivity index (χ0n) is 14.6. The fourth-order valence-corrected chi connectivity index (χ4v) is 1.87. The molecular formula is C16H24N2O6. The average molecular weight is 340 g/mol. The highest BCUT2D eigenvalue weighted by atomic mass is 16.6. The number of nitro benzene ring substituents is 1. The molecule has 1 aromatic rings. The number of ether oxygens (including phenoxy) is 3. The highest BCUT2D eigenvalue weighted by molar-refractivity contribution is 5.68. The van der Waals surface area contributed by atoms with Crippen LogP contribution in [0.25, 0.3) is 0 Å². The Balaban J connectivity index is 2.48. The number of rotatable bonds is 7. The Hall–Kier alpha value is -2.35. The van der Waals surface area contributed by atoms with Gasteiger partial charge in [0, 0.05) is 6.07 Å². The van der Waals surface area contributed by atoms with Crippen LogP contribution in [0.2, 0.25) is 0 Å². The van der Waals surface area contributed by atoms with Crippen molar-refractivity contribution in [2.24, 2.45) is 0 Å². The van der Waals surface area contributed by atoms with Crippen molar-refractivity contribution >= 4 is 11.8 Å². The lowest BCUT2D eigenvalue weighted by Crippen LogP contribution is -2.39. The molecule has 1 N–H and O–H groups in total. The number of hydrogen-bond acceptors (Lipinski definition) is 6. The van der Waals surface area contributed by atoms with E-state index in [2.05, 4.69) is 5.32 Å². The van der Waals surface area contributed by atoms with Crippen LogP contribution in [-0.2, 0) is 16.1 Å². The molecule has 0 unspecified atom stereocenters. The van der Waals surface area contributed by atoms with Crippen molar-refractivity contribution in [3.05, 3.63) is 33.9 Å². The Bertz CT molecular complexity index is 582. The number of hydrogen-bond donors (Lipinski definition) is 1. The maximum absolute atomic E-state index is 11.6. The molecule has 0 aliphatic heterocycles. The molecule has 0 spiro atoms. The zero-order valence-corrected chi connectivity index (χ0v) is 14.6. The second-order valence-electron chi connectivity index (χ2n) is 6.33. The molecule has 0 heterocycles. The van der Waals surface area contributed by atoms with Gasteiger partial charge in [0.2, 0.25) is 0 Å². The molecular weight excluding hydrogens is 316 g/mol. The first kappa shape index (κ1) is 19.7. The topological polar surface area (TPSA) is 99.9 Å². The Morgan fingerprint density at radius 1 is 1.38 bits per heavy atom. The molecule has 8 heteroatoms. The Morgan fingerprint density at radius 2 is 2.04 bits per heavy atom. The van der Waals surface area contributed by atoms with Crippen LogP contribution in [-0.4, -0.2) is 36.4 Å². The number of benzene rings is 1. The lowest BCUT2D eigenvalue weighted by Gasteiger charge is -2.21. The molecule has 0 fully saturated rings. The van der Waals surface area contributed by atoms with E-state index >= 15 is 0 Å². The molecule has 0 radical (unpaired) electrons. The van der Waals surface area contributed by atoms with Gasteiger partial charge in [-0.25, -0.2) is 4.79 Å². The number of nitrogens with zero attached hydrogens (tertiary/aromatic N) is 1. The first-order chi connectivity index (χ1) is 11.1. The molecule has 134 valence electrons. The van der Waals surface area contributed by atoms with Crippen molar-refractivity contribution in [2.45, 2.75) is 45.9 Å². The molecule has 1 atom stereocenters. The van der Waals surface area contributed by atoms with Crippen molar-refractivity contribution < 1.29 is 23.9 Å². The van der Waals surface area contributed by atoms with Crippen molar-refractivity contribution in [3.8, 4) is 5.75 Å². The lowest BCUT2D eigenvalue weighted by molar-refractivity contribution is -0.385. The first-order valence-corrected chi connectivity index (χ1v) is 7.51. The molecule has 0 saturated carbocycles. The first-order valence-electron chi connectivity index (χ1n) is 7.51. The van der Waals surface area contributed by atoms with Crippen molar-refractivity contribution in [3.63, 3.8) is 0 Å². The molecule has 8 nitrogen and oxygen atoms in total. The van der Waals surface area contributed by atoms with Gasteiger partial charge in [0.1, 0.15) is 5.60 Å². The molecule has 0 saturated heterocycles. The highest BCUT2D eigenvalue weighted by Gasteiger charge is 2.18. The molecule has 1 amide bonds. The second kappa shape index (κ2) is 8.49. The third kappa shape index (κ3) is 6.82. The molecule has 0 bridgehead atoms. The number of carbonyl (C=O) groups is 1. The van der Waals surface area contributed by atoms with Crippen molar-refractivity contribution in [2.75, 3.05) is 13.7 Å². The molecule has 0 aliphatic carbocycles. The Kier molecular flexibility index (Phi) is 6.97. The minimum atomic E-state index is -0.563. The van der Waals surface area contributed by atoms with Crippen LogP contribution in [0.5, 0.6) is 5.75 Å². The van der Waals surface area contributed by atoms with Crippen LogP contribution in [0.15, 0.2) is 18.2 Å². The highest BCUT2D eigenvalue weighted by Crippen LogP contribution is 2.27. The normalized spacial score (nSPS) is 12.4.